The molecule has 4 heteroatoms. The Morgan fingerprint density at radius 3 is 2.38 bits per heavy atom. The molecule has 0 aliphatic heterocycles. The van der Waals surface area contributed by atoms with Gasteiger partial charge in [-0.15, -0.1) is 33.8 Å². The largest absolute Gasteiger partial charge is 0.252 e. The molecule has 0 aliphatic carbocycles. The Bertz CT molecular complexity index is 300. The van der Waals surface area contributed by atoms with Crippen LogP contribution in [0, 0.1) is 0 Å². The molecular formula is C12H17Cl3Si. The van der Waals surface area contributed by atoms with Crippen molar-refractivity contribution in [1.29, 1.82) is 0 Å². The molecule has 0 N–H and O–H groups in total. The lowest BCUT2D eigenvalue weighted by Crippen LogP contribution is -2.21. The topological polar surface area (TPSA) is 0 Å². The molecule has 1 unspecified atom stereocenters. The first-order valence-corrected chi connectivity index (χ1v) is 10.5. The predicted molar refractivity (Wildman–Crippen MR) is 77.3 cm³/mol. The lowest BCUT2D eigenvalue weighted by atomic mass is 10.0. The van der Waals surface area contributed by atoms with Gasteiger partial charge in [-0.1, -0.05) is 37.3 Å². The van der Waals surface area contributed by atoms with Crippen LogP contribution in [0.15, 0.2) is 30.3 Å². The average Bonchev–Trinajstić information content (AvgIpc) is 2.27. The third-order valence-corrected chi connectivity index (χ3v) is 7.27. The van der Waals surface area contributed by atoms with E-state index in [4.69, 9.17) is 33.8 Å². The van der Waals surface area contributed by atoms with Gasteiger partial charge >= 0.3 is 0 Å². The molecule has 16 heavy (non-hydrogen) atoms. The van der Waals surface area contributed by atoms with E-state index in [2.05, 4.69) is 31.2 Å². The fraction of sp³-hybridized carbons (Fsp3) is 0.500. The van der Waals surface area contributed by atoms with Crippen molar-refractivity contribution in [3.05, 3.63) is 35.9 Å². The Hall–Kier alpha value is 0.307. The van der Waals surface area contributed by atoms with Gasteiger partial charge in [0.1, 0.15) is 0 Å². The molecule has 0 heterocycles. The summed E-state index contributed by atoms with van der Waals surface area (Å²) in [7, 11) is 0. The molecule has 0 fully saturated rings. The lowest BCUT2D eigenvalue weighted by Gasteiger charge is -2.21. The van der Waals surface area contributed by atoms with Gasteiger partial charge in [-0.05, 0) is 30.0 Å². The van der Waals surface area contributed by atoms with Crippen LogP contribution in [0.3, 0.4) is 0 Å². The van der Waals surface area contributed by atoms with Gasteiger partial charge in [-0.2, -0.15) is 0 Å². The van der Waals surface area contributed by atoms with Gasteiger partial charge in [0.05, 0.1) is 0 Å². The molecule has 0 aliphatic rings. The van der Waals surface area contributed by atoms with Crippen LogP contribution in [0.4, 0.5) is 0 Å². The predicted octanol–water partition coefficient (Wildman–Crippen LogP) is 5.34. The zero-order valence-corrected chi connectivity index (χ0v) is 12.7. The van der Waals surface area contributed by atoms with Gasteiger partial charge in [0.25, 0.3) is 6.69 Å². The Balaban J connectivity index is 2.53. The number of halogens is 3. The fourth-order valence-electron chi connectivity index (χ4n) is 1.77. The highest BCUT2D eigenvalue weighted by Crippen LogP contribution is 2.34. The SMILES string of the molecule is CC(C[Si](Cl)(Cl)CCCCl)c1ccccc1. The summed E-state index contributed by atoms with van der Waals surface area (Å²) in [5.41, 5.74) is 1.31. The van der Waals surface area contributed by atoms with Crippen molar-refractivity contribution in [1.82, 2.24) is 0 Å². The van der Waals surface area contributed by atoms with Gasteiger partial charge in [0.15, 0.2) is 0 Å². The van der Waals surface area contributed by atoms with Crippen LogP contribution in [0.2, 0.25) is 12.1 Å². The van der Waals surface area contributed by atoms with Crippen LogP contribution < -0.4 is 0 Å². The maximum atomic E-state index is 6.41. The van der Waals surface area contributed by atoms with Crippen LogP contribution in [0.25, 0.3) is 0 Å². The second kappa shape index (κ2) is 6.90. The zero-order chi connectivity index (χ0) is 12.0. The van der Waals surface area contributed by atoms with Crippen LogP contribution in [0.5, 0.6) is 0 Å². The molecule has 0 saturated carbocycles. The van der Waals surface area contributed by atoms with Gasteiger partial charge in [-0.25, -0.2) is 0 Å². The summed E-state index contributed by atoms with van der Waals surface area (Å²) in [6.07, 6.45) is 0.919. The summed E-state index contributed by atoms with van der Waals surface area (Å²) in [5, 5.41) is 0. The van der Waals surface area contributed by atoms with Crippen LogP contribution in [0.1, 0.15) is 24.8 Å². The maximum absolute atomic E-state index is 6.41. The second-order valence-electron chi connectivity index (χ2n) is 4.16. The van der Waals surface area contributed by atoms with Crippen LogP contribution >= 0.6 is 33.8 Å². The minimum atomic E-state index is -2.11. The summed E-state index contributed by atoms with van der Waals surface area (Å²) in [4.78, 5) is 0. The van der Waals surface area contributed by atoms with E-state index in [9.17, 15) is 0 Å². The molecule has 1 rings (SSSR count). The van der Waals surface area contributed by atoms with Gasteiger partial charge in [0.2, 0.25) is 0 Å². The maximum Gasteiger partial charge on any atom is 0.252 e. The van der Waals surface area contributed by atoms with Crippen LogP contribution in [-0.2, 0) is 0 Å². The highest BCUT2D eigenvalue weighted by Gasteiger charge is 2.30. The minimum Gasteiger partial charge on any atom is -0.146 e. The van der Waals surface area contributed by atoms with E-state index in [1.54, 1.807) is 0 Å². The van der Waals surface area contributed by atoms with Crippen molar-refractivity contribution in [2.24, 2.45) is 0 Å². The molecule has 1 atom stereocenters. The number of hydrogen-bond acceptors (Lipinski definition) is 0. The third kappa shape index (κ3) is 5.09. The first-order chi connectivity index (χ1) is 7.55. The summed E-state index contributed by atoms with van der Waals surface area (Å²) in [5.74, 6) is 1.08. The van der Waals surface area contributed by atoms with Crippen molar-refractivity contribution >= 4 is 40.5 Å². The minimum absolute atomic E-state index is 0.429. The molecule has 1 aromatic rings. The van der Waals surface area contributed by atoms with E-state index in [1.807, 2.05) is 6.07 Å². The average molecular weight is 296 g/mol. The van der Waals surface area contributed by atoms with Gasteiger partial charge < -0.3 is 0 Å². The second-order valence-corrected chi connectivity index (χ2v) is 12.1. The first kappa shape index (κ1) is 14.4. The number of alkyl halides is 1. The van der Waals surface area contributed by atoms with Crippen molar-refractivity contribution in [3.8, 4) is 0 Å². The quantitative estimate of drug-likeness (QED) is 0.377. The monoisotopic (exact) mass is 294 g/mol. The van der Waals surface area contributed by atoms with E-state index in [1.165, 1.54) is 5.56 Å². The fourth-order valence-corrected chi connectivity index (χ4v) is 6.35. The summed E-state index contributed by atoms with van der Waals surface area (Å²) < 4.78 is 0. The molecule has 0 nitrogen and oxygen atoms in total. The highest BCUT2D eigenvalue weighted by molar-refractivity contribution is 7.45. The van der Waals surface area contributed by atoms with E-state index < -0.39 is 6.69 Å². The number of hydrogen-bond donors (Lipinski definition) is 0. The van der Waals surface area contributed by atoms with Crippen LogP contribution in [-0.4, -0.2) is 12.6 Å². The molecule has 0 amide bonds. The standard InChI is InChI=1S/C12H17Cl3Si/c1-11(12-6-3-2-4-7-12)10-16(14,15)9-5-8-13/h2-4,6-7,11H,5,8-10H2,1H3. The molecule has 90 valence electrons. The molecular weight excluding hydrogens is 279 g/mol. The molecule has 0 spiro atoms. The van der Waals surface area contributed by atoms with Gasteiger partial charge in [-0.3, -0.25) is 0 Å². The van der Waals surface area contributed by atoms with Gasteiger partial charge in [0, 0.05) is 5.88 Å². The molecule has 0 bridgehead atoms. The zero-order valence-electron chi connectivity index (χ0n) is 9.43. The third-order valence-electron chi connectivity index (χ3n) is 2.65. The number of benzene rings is 1. The summed E-state index contributed by atoms with van der Waals surface area (Å²) >= 11 is 18.5. The van der Waals surface area contributed by atoms with E-state index in [0.29, 0.717) is 11.8 Å². The normalized spacial score (nSPS) is 13.8. The molecule has 0 radical (unpaired) electrons. The van der Waals surface area contributed by atoms with E-state index in [0.717, 1.165) is 18.5 Å². The lowest BCUT2D eigenvalue weighted by molar-refractivity contribution is 0.847. The summed E-state index contributed by atoms with van der Waals surface area (Å²) in [6.45, 7) is 0.0729. The summed E-state index contributed by atoms with van der Waals surface area (Å²) in [6, 6.07) is 12.2. The highest BCUT2D eigenvalue weighted by atomic mass is 35.7. The molecule has 1 aromatic carbocycles. The number of rotatable bonds is 6. The first-order valence-electron chi connectivity index (χ1n) is 5.54. The Morgan fingerprint density at radius 2 is 1.81 bits per heavy atom. The van der Waals surface area contributed by atoms with Crippen molar-refractivity contribution in [3.63, 3.8) is 0 Å². The van der Waals surface area contributed by atoms with Crippen molar-refractivity contribution < 1.29 is 0 Å². The smallest absolute Gasteiger partial charge is 0.146 e. The van der Waals surface area contributed by atoms with Crippen molar-refractivity contribution in [2.75, 3.05) is 5.88 Å². The molecule has 0 saturated heterocycles. The van der Waals surface area contributed by atoms with E-state index in [-0.39, 0.29) is 0 Å². The van der Waals surface area contributed by atoms with E-state index >= 15 is 0 Å². The molecule has 0 aromatic heterocycles. The Labute approximate surface area is 113 Å². The Kier molecular flexibility index (Phi) is 6.20. The van der Waals surface area contributed by atoms with Crippen molar-refractivity contribution in [2.45, 2.75) is 31.4 Å². The Morgan fingerprint density at radius 1 is 1.19 bits per heavy atom.